The number of carbonyl (C=O) groups excluding carboxylic acids is 4. The number of hydrogen-bond donors (Lipinski definition) is 4. The molecule has 0 spiro atoms. The summed E-state index contributed by atoms with van der Waals surface area (Å²) < 4.78 is 0. The second kappa shape index (κ2) is 19.9. The van der Waals surface area contributed by atoms with Crippen LogP contribution in [0.4, 0.5) is 0 Å². The van der Waals surface area contributed by atoms with E-state index < -0.39 is 5.41 Å². The summed E-state index contributed by atoms with van der Waals surface area (Å²) in [6, 6.07) is 17.0. The van der Waals surface area contributed by atoms with Gasteiger partial charge in [0.25, 0.3) is 0 Å². The van der Waals surface area contributed by atoms with Crippen molar-refractivity contribution in [2.24, 2.45) is 0 Å². The predicted molar refractivity (Wildman–Crippen MR) is 178 cm³/mol. The van der Waals surface area contributed by atoms with Gasteiger partial charge in [0, 0.05) is 0 Å². The lowest BCUT2D eigenvalue weighted by Crippen LogP contribution is -2.31. The normalized spacial score (nSPS) is 9.60. The molecule has 0 aliphatic carbocycles. The summed E-state index contributed by atoms with van der Waals surface area (Å²) in [7, 11) is 0. The number of phenolic OH excluding ortho intramolecular Hbond substituents is 4. The summed E-state index contributed by atoms with van der Waals surface area (Å²) in [5.74, 6) is -1.15. The lowest BCUT2D eigenvalue weighted by atomic mass is 9.64. The molecule has 240 valence electrons. The molecule has 4 aromatic carbocycles. The zero-order valence-corrected chi connectivity index (χ0v) is 27.2. The van der Waals surface area contributed by atoms with Crippen LogP contribution in [0.5, 0.6) is 23.0 Å². The summed E-state index contributed by atoms with van der Waals surface area (Å²) in [5.41, 5.74) is -0.200. The zero-order chi connectivity index (χ0) is 34.7. The van der Waals surface area contributed by atoms with Crippen molar-refractivity contribution in [2.75, 3.05) is 0 Å². The van der Waals surface area contributed by atoms with E-state index in [1.165, 1.54) is 72.8 Å². The molecule has 45 heavy (non-hydrogen) atoms. The van der Waals surface area contributed by atoms with Gasteiger partial charge in [0.2, 0.25) is 0 Å². The highest BCUT2D eigenvalue weighted by Crippen LogP contribution is 2.48. The maximum atomic E-state index is 11.8. The fourth-order valence-electron chi connectivity index (χ4n) is 4.53. The van der Waals surface area contributed by atoms with Gasteiger partial charge in [0.05, 0.1) is 27.7 Å². The summed E-state index contributed by atoms with van der Waals surface area (Å²) in [4.78, 5) is 47.0. The highest BCUT2D eigenvalue weighted by Gasteiger charge is 2.40. The van der Waals surface area contributed by atoms with Gasteiger partial charge in [-0.05, 0) is 70.8 Å². The van der Waals surface area contributed by atoms with Gasteiger partial charge >= 0.3 is 0 Å². The van der Waals surface area contributed by atoms with E-state index in [0.29, 0.717) is 47.4 Å². The van der Waals surface area contributed by atoms with Gasteiger partial charge in [-0.25, -0.2) is 0 Å². The van der Waals surface area contributed by atoms with Gasteiger partial charge in [-0.2, -0.15) is 0 Å². The average Bonchev–Trinajstić information content (AvgIpc) is 3.10. The number of carbonyl (C=O) groups is 4. The predicted octanol–water partition coefficient (Wildman–Crippen LogP) is 8.25. The van der Waals surface area contributed by atoms with Crippen molar-refractivity contribution in [3.05, 3.63) is 117 Å². The number of aldehydes is 4. The van der Waals surface area contributed by atoms with Crippen molar-refractivity contribution >= 4 is 25.1 Å². The summed E-state index contributed by atoms with van der Waals surface area (Å²) in [6.07, 6.45) is 1.83. The number of benzene rings is 4. The Bertz CT molecular complexity index is 1320. The van der Waals surface area contributed by atoms with Crippen molar-refractivity contribution in [1.29, 1.82) is 0 Å². The molecule has 0 aliphatic rings. The molecule has 4 N–H and O–H groups in total. The zero-order valence-electron chi connectivity index (χ0n) is 27.2. The minimum absolute atomic E-state index is 0.0555. The van der Waals surface area contributed by atoms with E-state index in [-0.39, 0.29) is 45.3 Å². The molecular formula is C37H44O8. The molecule has 0 radical (unpaired) electrons. The standard InChI is InChI=1S/C29H20O8.4C2H6/c30-13-17-9-21(1-5-25(17)34)29(22-2-6-26(35)18(10-22)14-31,23-3-7-27(36)19(11-23)15-32)24-4-8-28(37)20(12-24)16-33;4*1-2/h1-16,34-37H;4*1-2H3. The van der Waals surface area contributed by atoms with Gasteiger partial charge in [0.1, 0.15) is 23.0 Å². The molecule has 0 amide bonds. The van der Waals surface area contributed by atoms with Crippen LogP contribution in [0.3, 0.4) is 0 Å². The van der Waals surface area contributed by atoms with Crippen LogP contribution in [0.2, 0.25) is 0 Å². The molecule has 4 aromatic rings. The molecule has 0 saturated carbocycles. The fraction of sp³-hybridized carbons (Fsp3) is 0.243. The third kappa shape index (κ3) is 8.44. The first-order valence-electron chi connectivity index (χ1n) is 14.9. The Labute approximate surface area is 265 Å². The minimum atomic E-state index is -1.48. The topological polar surface area (TPSA) is 149 Å². The maximum absolute atomic E-state index is 11.8. The number of aromatic hydroxyl groups is 4. The molecule has 0 bridgehead atoms. The lowest BCUT2D eigenvalue weighted by molar-refractivity contribution is 0.111. The van der Waals surface area contributed by atoms with E-state index in [9.17, 15) is 39.6 Å². The Morgan fingerprint density at radius 3 is 0.711 bits per heavy atom. The Hall–Kier alpha value is -5.24. The minimum Gasteiger partial charge on any atom is -0.507 e. The third-order valence-corrected chi connectivity index (χ3v) is 6.35. The fourth-order valence-corrected chi connectivity index (χ4v) is 4.53. The van der Waals surface area contributed by atoms with Gasteiger partial charge in [-0.3, -0.25) is 19.2 Å². The van der Waals surface area contributed by atoms with Crippen LogP contribution in [0.1, 0.15) is 119 Å². The average molecular weight is 617 g/mol. The van der Waals surface area contributed by atoms with Crippen molar-refractivity contribution in [2.45, 2.75) is 60.8 Å². The Morgan fingerprint density at radius 2 is 0.556 bits per heavy atom. The Morgan fingerprint density at radius 1 is 0.378 bits per heavy atom. The van der Waals surface area contributed by atoms with Crippen molar-refractivity contribution in [3.63, 3.8) is 0 Å². The maximum Gasteiger partial charge on any atom is 0.153 e. The third-order valence-electron chi connectivity index (χ3n) is 6.35. The number of hydrogen-bond acceptors (Lipinski definition) is 8. The molecule has 0 aromatic heterocycles. The van der Waals surface area contributed by atoms with Gasteiger partial charge in [0.15, 0.2) is 25.1 Å². The van der Waals surface area contributed by atoms with E-state index >= 15 is 0 Å². The SMILES string of the molecule is CC.CC.CC.CC.O=Cc1cc(C(c2ccc(O)c(C=O)c2)(c2ccc(O)c(C=O)c2)c2ccc(O)c(C=O)c2)ccc1O. The summed E-state index contributed by atoms with van der Waals surface area (Å²) >= 11 is 0. The van der Waals surface area contributed by atoms with Crippen molar-refractivity contribution in [3.8, 4) is 23.0 Å². The van der Waals surface area contributed by atoms with Crippen LogP contribution < -0.4 is 0 Å². The van der Waals surface area contributed by atoms with Gasteiger partial charge in [-0.1, -0.05) is 79.7 Å². The molecule has 0 aliphatic heterocycles. The van der Waals surface area contributed by atoms with Crippen LogP contribution in [0.15, 0.2) is 72.8 Å². The van der Waals surface area contributed by atoms with E-state index in [2.05, 4.69) is 0 Å². The van der Waals surface area contributed by atoms with Crippen LogP contribution in [-0.4, -0.2) is 45.6 Å². The number of phenols is 4. The van der Waals surface area contributed by atoms with Crippen molar-refractivity contribution in [1.82, 2.24) is 0 Å². The second-order valence-corrected chi connectivity index (χ2v) is 8.32. The van der Waals surface area contributed by atoms with E-state index in [0.717, 1.165) is 0 Å². The first-order chi connectivity index (χ1) is 21.8. The Kier molecular flexibility index (Phi) is 17.5. The molecule has 0 fully saturated rings. The first-order valence-corrected chi connectivity index (χ1v) is 14.9. The van der Waals surface area contributed by atoms with E-state index in [1.54, 1.807) is 0 Å². The molecule has 0 saturated heterocycles. The Balaban J connectivity index is 0.00000224. The van der Waals surface area contributed by atoms with Crippen LogP contribution in [0.25, 0.3) is 0 Å². The van der Waals surface area contributed by atoms with Crippen LogP contribution in [-0.2, 0) is 5.41 Å². The molecule has 0 heterocycles. The summed E-state index contributed by atoms with van der Waals surface area (Å²) in [5, 5.41) is 40.8. The molecule has 8 nitrogen and oxygen atoms in total. The van der Waals surface area contributed by atoms with Crippen molar-refractivity contribution < 1.29 is 39.6 Å². The van der Waals surface area contributed by atoms with E-state index in [4.69, 9.17) is 0 Å². The molecule has 4 rings (SSSR count). The van der Waals surface area contributed by atoms with Crippen LogP contribution in [0, 0.1) is 0 Å². The van der Waals surface area contributed by atoms with Gasteiger partial charge < -0.3 is 20.4 Å². The van der Waals surface area contributed by atoms with Crippen LogP contribution >= 0.6 is 0 Å². The highest BCUT2D eigenvalue weighted by atomic mass is 16.3. The quantitative estimate of drug-likeness (QED) is 0.114. The molecular weight excluding hydrogens is 572 g/mol. The smallest absolute Gasteiger partial charge is 0.153 e. The highest BCUT2D eigenvalue weighted by molar-refractivity contribution is 5.85. The number of rotatable bonds is 8. The second-order valence-electron chi connectivity index (χ2n) is 8.32. The largest absolute Gasteiger partial charge is 0.507 e. The summed E-state index contributed by atoms with van der Waals surface area (Å²) in [6.45, 7) is 16.0. The first kappa shape index (κ1) is 39.8. The monoisotopic (exact) mass is 616 g/mol. The molecule has 0 atom stereocenters. The van der Waals surface area contributed by atoms with Gasteiger partial charge in [-0.15, -0.1) is 0 Å². The molecule has 0 unspecified atom stereocenters. The van der Waals surface area contributed by atoms with E-state index in [1.807, 2.05) is 55.4 Å². The molecule has 8 heteroatoms. The lowest BCUT2D eigenvalue weighted by Gasteiger charge is -2.37.